The summed E-state index contributed by atoms with van der Waals surface area (Å²) in [5.41, 5.74) is 1.13. The van der Waals surface area contributed by atoms with E-state index in [2.05, 4.69) is 12.2 Å². The number of hydrogen-bond donors (Lipinski definition) is 0. The van der Waals surface area contributed by atoms with Crippen LogP contribution in [-0.2, 0) is 14.3 Å². The summed E-state index contributed by atoms with van der Waals surface area (Å²) in [7, 11) is 1.39. The van der Waals surface area contributed by atoms with Crippen LogP contribution in [0.25, 0.3) is 16.8 Å². The Balaban J connectivity index is 1.30. The Hall–Kier alpha value is -2.66. The zero-order valence-corrected chi connectivity index (χ0v) is 17.4. The standard InChI is InChI=1S/C26H24O5/c1-29-24(28)16-3-2-15-4-5-22-19(20(15)11-16)6-7-26(30-22)23-18-9-14-8-17(10-18)21(13-27)25(23,12-14)31-26/h2-7,11,13-14,17-18,21,23H,8-10,12H2,1H3. The second-order valence-electron chi connectivity index (χ2n) is 10.1. The zero-order valence-electron chi connectivity index (χ0n) is 17.4. The van der Waals surface area contributed by atoms with Crippen molar-refractivity contribution < 1.29 is 23.8 Å². The molecular weight excluding hydrogens is 392 g/mol. The van der Waals surface area contributed by atoms with E-state index in [9.17, 15) is 9.59 Å². The van der Waals surface area contributed by atoms with Gasteiger partial charge in [0.25, 0.3) is 0 Å². The van der Waals surface area contributed by atoms with Gasteiger partial charge in [-0.1, -0.05) is 12.1 Å². The van der Waals surface area contributed by atoms with Crippen LogP contribution in [-0.4, -0.2) is 30.8 Å². The van der Waals surface area contributed by atoms with E-state index < -0.39 is 5.79 Å². The Kier molecular flexibility index (Phi) is 3.34. The molecule has 5 heteroatoms. The highest BCUT2D eigenvalue weighted by Crippen LogP contribution is 2.71. The molecule has 0 radical (unpaired) electrons. The maximum atomic E-state index is 12.0. The van der Waals surface area contributed by atoms with Crippen LogP contribution in [0.1, 0.15) is 41.6 Å². The molecule has 2 spiro atoms. The average Bonchev–Trinajstić information content (AvgIpc) is 2.76. The number of carbonyl (C=O) groups is 2. The van der Waals surface area contributed by atoms with Gasteiger partial charge in [0, 0.05) is 11.5 Å². The van der Waals surface area contributed by atoms with Gasteiger partial charge in [0.15, 0.2) is 0 Å². The molecule has 31 heavy (non-hydrogen) atoms. The molecule has 4 aliphatic carbocycles. The van der Waals surface area contributed by atoms with Crippen LogP contribution < -0.4 is 4.74 Å². The van der Waals surface area contributed by atoms with Gasteiger partial charge in [-0.05, 0) is 84.6 Å². The van der Waals surface area contributed by atoms with Gasteiger partial charge in [-0.2, -0.15) is 0 Å². The van der Waals surface area contributed by atoms with Crippen LogP contribution in [0.15, 0.2) is 36.4 Å². The molecule has 5 fully saturated rings. The van der Waals surface area contributed by atoms with Crippen molar-refractivity contribution in [2.24, 2.45) is 29.6 Å². The minimum atomic E-state index is -0.778. The number of benzene rings is 2. The van der Waals surface area contributed by atoms with Crippen LogP contribution in [0.3, 0.4) is 0 Å². The van der Waals surface area contributed by atoms with Crippen molar-refractivity contribution in [1.29, 1.82) is 0 Å². The third-order valence-corrected chi connectivity index (χ3v) is 8.68. The first-order chi connectivity index (χ1) is 15.1. The summed E-state index contributed by atoms with van der Waals surface area (Å²) in [6, 6.07) is 9.58. The Morgan fingerprint density at radius 2 is 2.00 bits per heavy atom. The molecule has 6 aliphatic rings. The lowest BCUT2D eigenvalue weighted by Crippen LogP contribution is -2.81. The molecule has 158 valence electrons. The second-order valence-corrected chi connectivity index (χ2v) is 10.1. The Bertz CT molecular complexity index is 1180. The number of aldehydes is 1. The van der Waals surface area contributed by atoms with E-state index in [-0.39, 0.29) is 23.4 Å². The van der Waals surface area contributed by atoms with E-state index in [1.807, 2.05) is 24.3 Å². The fourth-order valence-electron chi connectivity index (χ4n) is 7.81. The second kappa shape index (κ2) is 5.77. The molecule has 7 unspecified atom stereocenters. The molecule has 1 saturated heterocycles. The maximum Gasteiger partial charge on any atom is 0.337 e. The van der Waals surface area contributed by atoms with E-state index in [0.29, 0.717) is 23.3 Å². The molecule has 0 amide bonds. The molecule has 8 rings (SSSR count). The molecule has 0 aromatic heterocycles. The van der Waals surface area contributed by atoms with Crippen molar-refractivity contribution in [1.82, 2.24) is 0 Å². The topological polar surface area (TPSA) is 61.8 Å². The van der Waals surface area contributed by atoms with Gasteiger partial charge in [-0.3, -0.25) is 0 Å². The van der Waals surface area contributed by atoms with Crippen molar-refractivity contribution in [3.05, 3.63) is 47.5 Å². The number of ether oxygens (including phenoxy) is 3. The monoisotopic (exact) mass is 416 g/mol. The first kappa shape index (κ1) is 18.0. The van der Waals surface area contributed by atoms with Crippen LogP contribution in [0.5, 0.6) is 5.75 Å². The predicted molar refractivity (Wildman–Crippen MR) is 113 cm³/mol. The van der Waals surface area contributed by atoms with Gasteiger partial charge in [-0.25, -0.2) is 4.79 Å². The normalized spacial score (nSPS) is 40.7. The van der Waals surface area contributed by atoms with Crippen molar-refractivity contribution >= 4 is 29.1 Å². The van der Waals surface area contributed by atoms with Crippen LogP contribution >= 0.6 is 0 Å². The number of rotatable bonds is 2. The lowest BCUT2D eigenvalue weighted by molar-refractivity contribution is -0.438. The summed E-state index contributed by atoms with van der Waals surface area (Å²) in [5.74, 6) is 1.58. The van der Waals surface area contributed by atoms with E-state index in [0.717, 1.165) is 41.2 Å². The molecule has 4 saturated carbocycles. The van der Waals surface area contributed by atoms with Gasteiger partial charge in [-0.15, -0.1) is 0 Å². The van der Waals surface area contributed by atoms with Crippen molar-refractivity contribution in [3.8, 4) is 5.75 Å². The minimum absolute atomic E-state index is 0.00598. The Morgan fingerprint density at radius 3 is 2.84 bits per heavy atom. The van der Waals surface area contributed by atoms with Gasteiger partial charge < -0.3 is 19.0 Å². The zero-order chi connectivity index (χ0) is 21.0. The third-order valence-electron chi connectivity index (χ3n) is 8.68. The highest BCUT2D eigenvalue weighted by molar-refractivity contribution is 5.99. The molecule has 2 aromatic rings. The van der Waals surface area contributed by atoms with Gasteiger partial charge in [0.05, 0.1) is 24.2 Å². The van der Waals surface area contributed by atoms with Crippen LogP contribution in [0.2, 0.25) is 0 Å². The smallest absolute Gasteiger partial charge is 0.337 e. The van der Waals surface area contributed by atoms with E-state index in [1.54, 1.807) is 6.07 Å². The fraction of sp³-hybridized carbons (Fsp3) is 0.462. The number of methoxy groups -OCH3 is 1. The van der Waals surface area contributed by atoms with Crippen molar-refractivity contribution in [2.75, 3.05) is 7.11 Å². The summed E-state index contributed by atoms with van der Waals surface area (Å²) >= 11 is 0. The summed E-state index contributed by atoms with van der Waals surface area (Å²) in [6.45, 7) is 0. The van der Waals surface area contributed by atoms with Gasteiger partial charge in [0.1, 0.15) is 12.0 Å². The van der Waals surface area contributed by atoms with Crippen molar-refractivity contribution in [3.63, 3.8) is 0 Å². The van der Waals surface area contributed by atoms with Gasteiger partial charge in [0.2, 0.25) is 5.79 Å². The highest BCUT2D eigenvalue weighted by atomic mass is 16.7. The number of fused-ring (bicyclic) bond motifs is 3. The van der Waals surface area contributed by atoms with E-state index >= 15 is 0 Å². The molecular formula is C26H24O5. The molecule has 7 atom stereocenters. The summed E-state index contributed by atoms with van der Waals surface area (Å²) in [6.07, 6.45) is 9.80. The predicted octanol–water partition coefficient (Wildman–Crippen LogP) is 4.38. The first-order valence-corrected chi connectivity index (χ1v) is 11.3. The lowest BCUT2D eigenvalue weighted by atomic mass is 9.42. The number of hydrogen-bond acceptors (Lipinski definition) is 5. The third kappa shape index (κ3) is 2.10. The molecule has 4 bridgehead atoms. The molecule has 2 heterocycles. The Labute approximate surface area is 180 Å². The summed E-state index contributed by atoms with van der Waals surface area (Å²) < 4.78 is 18.1. The maximum absolute atomic E-state index is 12.0. The van der Waals surface area contributed by atoms with E-state index in [4.69, 9.17) is 14.2 Å². The fourth-order valence-corrected chi connectivity index (χ4v) is 7.81. The van der Waals surface area contributed by atoms with E-state index in [1.165, 1.54) is 20.0 Å². The first-order valence-electron chi connectivity index (χ1n) is 11.3. The molecule has 0 N–H and O–H groups in total. The number of carbonyl (C=O) groups excluding carboxylic acids is 2. The lowest BCUT2D eigenvalue weighted by Gasteiger charge is -2.73. The average molecular weight is 416 g/mol. The highest BCUT2D eigenvalue weighted by Gasteiger charge is 2.77. The minimum Gasteiger partial charge on any atom is -0.465 e. The summed E-state index contributed by atoms with van der Waals surface area (Å²) in [4.78, 5) is 24.1. The summed E-state index contributed by atoms with van der Waals surface area (Å²) in [5, 5.41) is 1.99. The quantitative estimate of drug-likeness (QED) is 0.537. The Morgan fingerprint density at radius 1 is 1.16 bits per heavy atom. The molecule has 5 nitrogen and oxygen atoms in total. The van der Waals surface area contributed by atoms with Gasteiger partial charge >= 0.3 is 5.97 Å². The molecule has 2 aromatic carbocycles. The number of esters is 1. The van der Waals surface area contributed by atoms with Crippen LogP contribution in [0, 0.1) is 29.6 Å². The van der Waals surface area contributed by atoms with Crippen molar-refractivity contribution in [2.45, 2.75) is 37.1 Å². The van der Waals surface area contributed by atoms with Crippen LogP contribution in [0.4, 0.5) is 0 Å². The largest absolute Gasteiger partial charge is 0.465 e. The SMILES string of the molecule is COC(=O)c1ccc2ccc3c(c2c1)C=CC1(O3)OC23CC4CC(CC(C4)C12)C3C=O. The molecule has 2 aliphatic heterocycles.